The van der Waals surface area contributed by atoms with E-state index in [0.29, 0.717) is 5.92 Å². The van der Waals surface area contributed by atoms with Crippen LogP contribution in [-0.2, 0) is 27.2 Å². The first-order valence-electron chi connectivity index (χ1n) is 13.7. The smallest absolute Gasteiger partial charge is 0.312 e. The molecule has 0 bridgehead atoms. The molecule has 5 aliphatic carbocycles. The zero-order valence-electron chi connectivity index (χ0n) is 22.3. The van der Waals surface area contributed by atoms with Crippen molar-refractivity contribution in [3.63, 3.8) is 0 Å². The zero-order valence-corrected chi connectivity index (χ0v) is 22.3. The number of aromatic nitrogens is 1. The fraction of sp³-hybridized carbons (Fsp3) is 0.767. The largest absolute Gasteiger partial charge is 0.469 e. The van der Waals surface area contributed by atoms with Gasteiger partial charge in [0.1, 0.15) is 5.76 Å². The molecule has 0 radical (unpaired) electrons. The quantitative estimate of drug-likeness (QED) is 0.455. The third-order valence-electron chi connectivity index (χ3n) is 12.2. The summed E-state index contributed by atoms with van der Waals surface area (Å²) in [5.41, 5.74) is 1.90. The first kappa shape index (κ1) is 23.5. The highest BCUT2D eigenvalue weighted by Crippen LogP contribution is 2.73. The molecule has 2 unspecified atom stereocenters. The summed E-state index contributed by atoms with van der Waals surface area (Å²) in [6.07, 6.45) is 12.5. The van der Waals surface area contributed by atoms with Crippen molar-refractivity contribution in [3.8, 4) is 0 Å². The van der Waals surface area contributed by atoms with Gasteiger partial charge in [-0.2, -0.15) is 0 Å². The van der Waals surface area contributed by atoms with E-state index in [9.17, 15) is 9.59 Å². The average Bonchev–Trinajstić information content (AvgIpc) is 3.25. The predicted octanol–water partition coefficient (Wildman–Crippen LogP) is 6.11. The Labute approximate surface area is 209 Å². The lowest BCUT2D eigenvalue weighted by molar-refractivity contribution is -0.190. The van der Waals surface area contributed by atoms with Crippen LogP contribution in [-0.4, -0.2) is 24.0 Å². The van der Waals surface area contributed by atoms with Gasteiger partial charge in [-0.3, -0.25) is 9.59 Å². The Kier molecular flexibility index (Phi) is 4.77. The molecular weight excluding hydrogens is 438 g/mol. The molecule has 3 fully saturated rings. The van der Waals surface area contributed by atoms with Gasteiger partial charge in [-0.25, -0.2) is 0 Å². The van der Waals surface area contributed by atoms with Crippen LogP contribution in [0.25, 0.3) is 0 Å². The second-order valence-corrected chi connectivity index (χ2v) is 14.1. The number of rotatable bonds is 1. The summed E-state index contributed by atoms with van der Waals surface area (Å²) in [6, 6.07) is 0. The second-order valence-electron chi connectivity index (χ2n) is 14.1. The highest BCUT2D eigenvalue weighted by molar-refractivity contribution is 5.96. The van der Waals surface area contributed by atoms with E-state index in [2.05, 4.69) is 45.9 Å². The van der Waals surface area contributed by atoms with Crippen molar-refractivity contribution in [2.24, 2.45) is 44.8 Å². The van der Waals surface area contributed by atoms with Crippen molar-refractivity contribution in [1.82, 2.24) is 5.16 Å². The van der Waals surface area contributed by atoms with Crippen molar-refractivity contribution in [2.75, 3.05) is 7.11 Å². The van der Waals surface area contributed by atoms with Crippen molar-refractivity contribution < 1.29 is 18.8 Å². The summed E-state index contributed by atoms with van der Waals surface area (Å²) in [5.74, 6) is 1.60. The van der Waals surface area contributed by atoms with Gasteiger partial charge in [0.15, 0.2) is 5.78 Å². The summed E-state index contributed by atoms with van der Waals surface area (Å²) < 4.78 is 11.0. The first-order chi connectivity index (χ1) is 16.4. The molecule has 0 amide bonds. The number of methoxy groups -OCH3 is 1. The Morgan fingerprint density at radius 3 is 2.57 bits per heavy atom. The standard InChI is InChI=1S/C30H41NO4/c1-26(2)9-11-30(25(33)34-6)12-10-29(5)24(20(30)16-26)21(32)14-23-27(3)15-18-17-31-35-22(18)13-19(27)7-8-28(23,29)4/h14,17,19-20,24H,7-13,15-16H2,1-6H3/t19-,20?,24?,27-,28+,29+,30-/m0/s1. The van der Waals surface area contributed by atoms with Gasteiger partial charge in [-0.1, -0.05) is 45.3 Å². The number of carbonyl (C=O) groups excluding carboxylic acids is 2. The normalized spacial score (nSPS) is 45.7. The Bertz CT molecular complexity index is 1130. The molecule has 190 valence electrons. The molecule has 0 aliphatic heterocycles. The molecule has 3 saturated carbocycles. The van der Waals surface area contributed by atoms with Gasteiger partial charge in [0.2, 0.25) is 0 Å². The molecule has 35 heavy (non-hydrogen) atoms. The van der Waals surface area contributed by atoms with E-state index in [1.807, 2.05) is 6.20 Å². The molecule has 6 rings (SSSR count). The van der Waals surface area contributed by atoms with Gasteiger partial charge >= 0.3 is 5.97 Å². The van der Waals surface area contributed by atoms with Gasteiger partial charge in [-0.15, -0.1) is 0 Å². The lowest BCUT2D eigenvalue weighted by Crippen LogP contribution is -2.65. The van der Waals surface area contributed by atoms with Gasteiger partial charge in [0.25, 0.3) is 0 Å². The maximum absolute atomic E-state index is 14.3. The molecule has 5 nitrogen and oxygen atoms in total. The summed E-state index contributed by atoms with van der Waals surface area (Å²) >= 11 is 0. The topological polar surface area (TPSA) is 69.4 Å². The molecule has 1 aromatic heterocycles. The van der Waals surface area contributed by atoms with Crippen LogP contribution in [0.4, 0.5) is 0 Å². The molecular formula is C30H41NO4. The number of hydrogen-bond donors (Lipinski definition) is 0. The number of nitrogens with zero attached hydrogens (tertiary/aromatic N) is 1. The van der Waals surface area contributed by atoms with E-state index < -0.39 is 5.41 Å². The SMILES string of the molecule is COC(=O)[C@]12CCC(C)(C)CC1C1C(=O)C=C3[C@@]4(C)Cc5cnoc5C[C@@H]4CC[C@@]3(C)[C@]1(C)CC2. The molecule has 0 aromatic carbocycles. The number of esters is 1. The number of hydrogen-bond acceptors (Lipinski definition) is 5. The van der Waals surface area contributed by atoms with Crippen LogP contribution >= 0.6 is 0 Å². The van der Waals surface area contributed by atoms with Gasteiger partial charge in [-0.05, 0) is 90.9 Å². The Balaban J connectivity index is 1.49. The summed E-state index contributed by atoms with van der Waals surface area (Å²) in [4.78, 5) is 27.7. The number of carbonyl (C=O) groups is 2. The number of fused-ring (bicyclic) bond motifs is 8. The number of ether oxygens (including phenoxy) is 1. The summed E-state index contributed by atoms with van der Waals surface area (Å²) in [5, 5.41) is 4.09. The second kappa shape index (κ2) is 7.10. The van der Waals surface area contributed by atoms with Gasteiger partial charge in [0.05, 0.1) is 18.7 Å². The van der Waals surface area contributed by atoms with Crippen LogP contribution < -0.4 is 0 Å². The zero-order chi connectivity index (χ0) is 25.0. The van der Waals surface area contributed by atoms with E-state index in [-0.39, 0.29) is 45.2 Å². The molecule has 1 heterocycles. The van der Waals surface area contributed by atoms with Crippen LogP contribution in [0.1, 0.15) is 90.9 Å². The molecule has 1 aromatic rings. The van der Waals surface area contributed by atoms with E-state index >= 15 is 0 Å². The third kappa shape index (κ3) is 2.84. The summed E-state index contributed by atoms with van der Waals surface area (Å²) in [6.45, 7) is 11.8. The van der Waals surface area contributed by atoms with Crippen LogP contribution in [0, 0.1) is 44.8 Å². The minimum Gasteiger partial charge on any atom is -0.469 e. The molecule has 7 atom stereocenters. The minimum atomic E-state index is -0.519. The molecule has 5 aliphatic rings. The van der Waals surface area contributed by atoms with Crippen molar-refractivity contribution in [2.45, 2.75) is 92.4 Å². The van der Waals surface area contributed by atoms with Crippen molar-refractivity contribution in [1.29, 1.82) is 0 Å². The maximum atomic E-state index is 14.3. The highest BCUT2D eigenvalue weighted by atomic mass is 16.5. The number of allylic oxidation sites excluding steroid dienone is 2. The Hall–Kier alpha value is -1.91. The average molecular weight is 480 g/mol. The predicted molar refractivity (Wildman–Crippen MR) is 132 cm³/mol. The molecule has 0 spiro atoms. The highest BCUT2D eigenvalue weighted by Gasteiger charge is 2.70. The Morgan fingerprint density at radius 2 is 1.83 bits per heavy atom. The monoisotopic (exact) mass is 479 g/mol. The molecule has 0 N–H and O–H groups in total. The van der Waals surface area contributed by atoms with E-state index in [1.54, 1.807) is 0 Å². The minimum absolute atomic E-state index is 0.0427. The van der Waals surface area contributed by atoms with Crippen LogP contribution in [0.5, 0.6) is 0 Å². The van der Waals surface area contributed by atoms with Crippen molar-refractivity contribution in [3.05, 3.63) is 29.2 Å². The fourth-order valence-corrected chi connectivity index (χ4v) is 9.86. The maximum Gasteiger partial charge on any atom is 0.312 e. The fourth-order valence-electron chi connectivity index (χ4n) is 9.86. The van der Waals surface area contributed by atoms with Crippen molar-refractivity contribution >= 4 is 11.8 Å². The molecule has 0 saturated heterocycles. The first-order valence-corrected chi connectivity index (χ1v) is 13.7. The summed E-state index contributed by atoms with van der Waals surface area (Å²) in [7, 11) is 1.52. The lowest BCUT2D eigenvalue weighted by atomic mass is 9.35. The van der Waals surface area contributed by atoms with Crippen LogP contribution in [0.2, 0.25) is 0 Å². The Morgan fingerprint density at radius 1 is 1.09 bits per heavy atom. The van der Waals surface area contributed by atoms with E-state index in [0.717, 1.165) is 63.5 Å². The van der Waals surface area contributed by atoms with Gasteiger partial charge < -0.3 is 9.26 Å². The number of ketones is 1. The lowest BCUT2D eigenvalue weighted by Gasteiger charge is -2.68. The van der Waals surface area contributed by atoms with E-state index in [1.165, 1.54) is 18.2 Å². The van der Waals surface area contributed by atoms with E-state index in [4.69, 9.17) is 9.26 Å². The van der Waals surface area contributed by atoms with Crippen LogP contribution in [0.15, 0.2) is 22.4 Å². The van der Waals surface area contributed by atoms with Crippen LogP contribution in [0.3, 0.4) is 0 Å². The third-order valence-corrected chi connectivity index (χ3v) is 12.2. The molecule has 5 heteroatoms. The van der Waals surface area contributed by atoms with Gasteiger partial charge in [0, 0.05) is 17.9 Å².